The highest BCUT2D eigenvalue weighted by atomic mass is 16.5. The lowest BCUT2D eigenvalue weighted by atomic mass is 9.91. The highest BCUT2D eigenvalue weighted by Gasteiger charge is 2.44. The van der Waals surface area contributed by atoms with E-state index in [1.54, 1.807) is 0 Å². The van der Waals surface area contributed by atoms with E-state index in [2.05, 4.69) is 10.9 Å². The first-order valence-corrected chi connectivity index (χ1v) is 10.3. The number of benzene rings is 2. The van der Waals surface area contributed by atoms with Crippen molar-refractivity contribution in [3.8, 4) is 5.75 Å². The highest BCUT2D eigenvalue weighted by molar-refractivity contribution is 6.00. The SMILES string of the molecule is CCCNNC(=O)[C@]1(Cc2ccccc2)COC(c2ccc(OCCCO)cc2)=N1. The fraction of sp³-hybridized carbons (Fsp3) is 0.391. The summed E-state index contributed by atoms with van der Waals surface area (Å²) in [4.78, 5) is 17.8. The second-order valence-corrected chi connectivity index (χ2v) is 7.23. The Hall–Kier alpha value is -2.90. The molecule has 0 saturated carbocycles. The summed E-state index contributed by atoms with van der Waals surface area (Å²) in [6, 6.07) is 17.2. The van der Waals surface area contributed by atoms with E-state index in [1.165, 1.54) is 0 Å². The van der Waals surface area contributed by atoms with Crippen LogP contribution in [0, 0.1) is 0 Å². The quantitative estimate of drug-likeness (QED) is 0.390. The molecule has 3 rings (SSSR count). The number of aliphatic hydroxyl groups is 1. The van der Waals surface area contributed by atoms with Crippen molar-refractivity contribution >= 4 is 11.8 Å². The third-order valence-corrected chi connectivity index (χ3v) is 4.77. The van der Waals surface area contributed by atoms with Crippen LogP contribution < -0.4 is 15.6 Å². The lowest BCUT2D eigenvalue weighted by molar-refractivity contribution is -0.127. The van der Waals surface area contributed by atoms with E-state index < -0.39 is 5.54 Å². The van der Waals surface area contributed by atoms with Gasteiger partial charge >= 0.3 is 0 Å². The molecule has 7 nitrogen and oxygen atoms in total. The van der Waals surface area contributed by atoms with Crippen LogP contribution in [0.4, 0.5) is 0 Å². The zero-order valence-corrected chi connectivity index (χ0v) is 17.3. The van der Waals surface area contributed by atoms with Gasteiger partial charge < -0.3 is 14.6 Å². The Morgan fingerprint density at radius 2 is 1.97 bits per heavy atom. The largest absolute Gasteiger partial charge is 0.494 e. The molecule has 0 aromatic heterocycles. The Labute approximate surface area is 177 Å². The molecule has 0 saturated heterocycles. The van der Waals surface area contributed by atoms with Gasteiger partial charge in [-0.05, 0) is 36.2 Å². The van der Waals surface area contributed by atoms with Crippen LogP contribution in [-0.2, 0) is 16.0 Å². The average molecular weight is 412 g/mol. The van der Waals surface area contributed by atoms with Gasteiger partial charge in [0.25, 0.3) is 5.91 Å². The number of hydrazine groups is 1. The van der Waals surface area contributed by atoms with Crippen molar-refractivity contribution in [3.05, 3.63) is 65.7 Å². The van der Waals surface area contributed by atoms with Gasteiger partial charge in [-0.25, -0.2) is 10.4 Å². The van der Waals surface area contributed by atoms with Gasteiger partial charge in [-0.1, -0.05) is 37.3 Å². The molecule has 30 heavy (non-hydrogen) atoms. The predicted molar refractivity (Wildman–Crippen MR) is 115 cm³/mol. The zero-order chi connectivity index (χ0) is 21.2. The topological polar surface area (TPSA) is 92.2 Å². The first kappa shape index (κ1) is 21.8. The zero-order valence-electron chi connectivity index (χ0n) is 17.3. The van der Waals surface area contributed by atoms with E-state index in [-0.39, 0.29) is 19.1 Å². The van der Waals surface area contributed by atoms with Gasteiger partial charge in [0, 0.05) is 31.6 Å². The van der Waals surface area contributed by atoms with Crippen molar-refractivity contribution < 1.29 is 19.4 Å². The van der Waals surface area contributed by atoms with Crippen molar-refractivity contribution in [1.29, 1.82) is 0 Å². The number of rotatable bonds is 11. The van der Waals surface area contributed by atoms with Crippen molar-refractivity contribution in [1.82, 2.24) is 10.9 Å². The van der Waals surface area contributed by atoms with Gasteiger partial charge in [0.15, 0.2) is 5.54 Å². The van der Waals surface area contributed by atoms with E-state index in [4.69, 9.17) is 19.6 Å². The molecule has 160 valence electrons. The monoisotopic (exact) mass is 411 g/mol. The molecule has 7 heteroatoms. The van der Waals surface area contributed by atoms with Crippen LogP contribution >= 0.6 is 0 Å². The fourth-order valence-corrected chi connectivity index (χ4v) is 3.15. The Morgan fingerprint density at radius 3 is 2.67 bits per heavy atom. The Balaban J connectivity index is 1.79. The Bertz CT molecular complexity index is 839. The summed E-state index contributed by atoms with van der Waals surface area (Å²) < 4.78 is 11.4. The number of amides is 1. The van der Waals surface area contributed by atoms with Crippen LogP contribution in [-0.4, -0.2) is 48.8 Å². The summed E-state index contributed by atoms with van der Waals surface area (Å²) in [6.07, 6.45) is 1.93. The Morgan fingerprint density at radius 1 is 1.20 bits per heavy atom. The summed E-state index contributed by atoms with van der Waals surface area (Å²) in [6.45, 7) is 3.44. The number of aliphatic hydroxyl groups excluding tert-OH is 1. The number of nitrogens with one attached hydrogen (secondary N) is 2. The van der Waals surface area contributed by atoms with Gasteiger partial charge in [-0.15, -0.1) is 0 Å². The first-order chi connectivity index (χ1) is 14.7. The minimum absolute atomic E-state index is 0.0986. The third kappa shape index (κ3) is 5.58. The molecule has 1 atom stereocenters. The number of hydrogen-bond acceptors (Lipinski definition) is 6. The highest BCUT2D eigenvalue weighted by Crippen LogP contribution is 2.27. The van der Waals surface area contributed by atoms with E-state index in [0.29, 0.717) is 37.6 Å². The van der Waals surface area contributed by atoms with Crippen LogP contribution in [0.1, 0.15) is 30.9 Å². The van der Waals surface area contributed by atoms with Crippen LogP contribution in [0.2, 0.25) is 0 Å². The molecule has 1 amide bonds. The van der Waals surface area contributed by atoms with Crippen molar-refractivity contribution in [3.63, 3.8) is 0 Å². The molecule has 2 aromatic carbocycles. The molecule has 0 aliphatic carbocycles. The lowest BCUT2D eigenvalue weighted by Gasteiger charge is -2.23. The second kappa shape index (κ2) is 10.8. The predicted octanol–water partition coefficient (Wildman–Crippen LogP) is 2.24. The molecule has 2 aromatic rings. The number of ether oxygens (including phenoxy) is 2. The molecule has 1 aliphatic heterocycles. The molecular formula is C23H29N3O4. The minimum atomic E-state index is -1.03. The maximum absolute atomic E-state index is 13.0. The number of hydrogen-bond donors (Lipinski definition) is 3. The summed E-state index contributed by atoms with van der Waals surface area (Å²) in [5.74, 6) is 0.945. The van der Waals surface area contributed by atoms with Gasteiger partial charge in [0.2, 0.25) is 5.90 Å². The molecule has 0 spiro atoms. The molecule has 1 heterocycles. The number of carbonyl (C=O) groups excluding carboxylic acids is 1. The van der Waals surface area contributed by atoms with Crippen LogP contribution in [0.5, 0.6) is 5.75 Å². The normalized spacial score (nSPS) is 17.9. The van der Waals surface area contributed by atoms with Gasteiger partial charge in [0.05, 0.1) is 6.61 Å². The van der Waals surface area contributed by atoms with Crippen molar-refractivity contribution in [2.45, 2.75) is 31.7 Å². The molecule has 0 fully saturated rings. The fourth-order valence-electron chi connectivity index (χ4n) is 3.15. The van der Waals surface area contributed by atoms with E-state index in [9.17, 15) is 4.79 Å². The van der Waals surface area contributed by atoms with Gasteiger partial charge in [0.1, 0.15) is 12.4 Å². The lowest BCUT2D eigenvalue weighted by Crippen LogP contribution is -2.53. The molecule has 1 aliphatic rings. The molecule has 0 unspecified atom stereocenters. The molecular weight excluding hydrogens is 382 g/mol. The average Bonchev–Trinajstić information content (AvgIpc) is 3.20. The van der Waals surface area contributed by atoms with Crippen LogP contribution in [0.25, 0.3) is 0 Å². The molecule has 0 radical (unpaired) electrons. The summed E-state index contributed by atoms with van der Waals surface area (Å²) in [5, 5.41) is 8.85. The number of carbonyl (C=O) groups is 1. The standard InChI is InChI=1S/C23H29N3O4/c1-2-13-24-26-22(28)23(16-18-7-4-3-5-8-18)17-30-21(25-23)19-9-11-20(12-10-19)29-15-6-14-27/h3-5,7-12,24,27H,2,6,13-17H2,1H3,(H,26,28)/t23-/m0/s1. The number of aliphatic imine (C=N–C) groups is 1. The third-order valence-electron chi connectivity index (χ3n) is 4.77. The maximum Gasteiger partial charge on any atom is 0.266 e. The van der Waals surface area contributed by atoms with Crippen LogP contribution in [0.15, 0.2) is 59.6 Å². The summed E-state index contributed by atoms with van der Waals surface area (Å²) >= 11 is 0. The van der Waals surface area contributed by atoms with Crippen molar-refractivity contribution in [2.24, 2.45) is 4.99 Å². The molecule has 3 N–H and O–H groups in total. The number of nitrogens with zero attached hydrogens (tertiary/aromatic N) is 1. The maximum atomic E-state index is 13.0. The second-order valence-electron chi connectivity index (χ2n) is 7.23. The first-order valence-electron chi connectivity index (χ1n) is 10.3. The summed E-state index contributed by atoms with van der Waals surface area (Å²) in [5.41, 5.74) is 6.50. The van der Waals surface area contributed by atoms with Crippen molar-refractivity contribution in [2.75, 3.05) is 26.4 Å². The van der Waals surface area contributed by atoms with Crippen LogP contribution in [0.3, 0.4) is 0 Å². The van der Waals surface area contributed by atoms with Gasteiger partial charge in [-0.3, -0.25) is 10.2 Å². The summed E-state index contributed by atoms with van der Waals surface area (Å²) in [7, 11) is 0. The smallest absolute Gasteiger partial charge is 0.266 e. The van der Waals surface area contributed by atoms with E-state index in [0.717, 1.165) is 17.5 Å². The Kier molecular flexibility index (Phi) is 7.82. The minimum Gasteiger partial charge on any atom is -0.494 e. The van der Waals surface area contributed by atoms with E-state index >= 15 is 0 Å². The molecule has 0 bridgehead atoms. The van der Waals surface area contributed by atoms with Gasteiger partial charge in [-0.2, -0.15) is 0 Å². The van der Waals surface area contributed by atoms with E-state index in [1.807, 2.05) is 61.5 Å².